The van der Waals surface area contributed by atoms with Gasteiger partial charge in [0.1, 0.15) is 0 Å². The fourth-order valence-corrected chi connectivity index (χ4v) is 4.89. The Morgan fingerprint density at radius 2 is 1.46 bits per heavy atom. The Kier molecular flexibility index (Phi) is 4.11. The summed E-state index contributed by atoms with van der Waals surface area (Å²) in [5, 5.41) is 0. The fraction of sp³-hybridized carbons (Fsp3) is 0.280. The van der Waals surface area contributed by atoms with Crippen LogP contribution < -0.4 is 5.73 Å². The van der Waals surface area contributed by atoms with Crippen molar-refractivity contribution in [2.75, 3.05) is 5.73 Å². The maximum absolute atomic E-state index is 6.26. The van der Waals surface area contributed by atoms with Gasteiger partial charge >= 0.3 is 0 Å². The standard InChI is InChI=1S/C25H27N/c1-17-14-15-25(22-10-6-4-8-18(22)2,23-11-7-5-9-21(17)23)24-16-20(26)13-12-19(24)3/h4-13,16-17H,14-15,26H2,1-3H3. The maximum atomic E-state index is 6.26. The van der Waals surface area contributed by atoms with Gasteiger partial charge in [0.2, 0.25) is 0 Å². The van der Waals surface area contributed by atoms with Gasteiger partial charge in [-0.25, -0.2) is 0 Å². The second-order valence-corrected chi connectivity index (χ2v) is 7.82. The summed E-state index contributed by atoms with van der Waals surface area (Å²) in [4.78, 5) is 0. The summed E-state index contributed by atoms with van der Waals surface area (Å²) in [5.74, 6) is 0.588. The van der Waals surface area contributed by atoms with Crippen molar-refractivity contribution in [3.8, 4) is 0 Å². The normalized spacial score (nSPS) is 22.0. The number of hydrogen-bond acceptors (Lipinski definition) is 1. The Labute approximate surface area is 156 Å². The second kappa shape index (κ2) is 6.32. The average molecular weight is 341 g/mol. The van der Waals surface area contributed by atoms with Crippen molar-refractivity contribution < 1.29 is 0 Å². The SMILES string of the molecule is Cc1ccccc1C1(c2cc(N)ccc2C)CCC(C)c2ccccc21. The summed E-state index contributed by atoms with van der Waals surface area (Å²) in [5.41, 5.74) is 15.3. The van der Waals surface area contributed by atoms with E-state index in [4.69, 9.17) is 5.73 Å². The lowest BCUT2D eigenvalue weighted by atomic mass is 9.59. The number of benzene rings is 3. The largest absolute Gasteiger partial charge is 0.399 e. The van der Waals surface area contributed by atoms with Crippen molar-refractivity contribution in [1.29, 1.82) is 0 Å². The van der Waals surface area contributed by atoms with E-state index < -0.39 is 0 Å². The molecule has 0 amide bonds. The molecule has 0 aromatic heterocycles. The Bertz CT molecular complexity index is 956. The van der Waals surface area contributed by atoms with Gasteiger partial charge in [-0.05, 0) is 78.1 Å². The van der Waals surface area contributed by atoms with Gasteiger partial charge in [0.25, 0.3) is 0 Å². The molecule has 1 nitrogen and oxygen atoms in total. The molecule has 1 heteroatoms. The molecule has 2 atom stereocenters. The fourth-order valence-electron chi connectivity index (χ4n) is 4.89. The van der Waals surface area contributed by atoms with Crippen LogP contribution in [0, 0.1) is 13.8 Å². The minimum absolute atomic E-state index is 0.131. The smallest absolute Gasteiger partial charge is 0.0460 e. The first kappa shape index (κ1) is 16.9. The highest BCUT2D eigenvalue weighted by Crippen LogP contribution is 2.52. The van der Waals surface area contributed by atoms with Crippen LogP contribution in [0.4, 0.5) is 5.69 Å². The number of anilines is 1. The highest BCUT2D eigenvalue weighted by molar-refractivity contribution is 5.61. The molecule has 0 spiro atoms. The van der Waals surface area contributed by atoms with Crippen LogP contribution in [-0.4, -0.2) is 0 Å². The van der Waals surface area contributed by atoms with Crippen LogP contribution in [0.1, 0.15) is 59.1 Å². The van der Waals surface area contributed by atoms with Crippen LogP contribution in [0.25, 0.3) is 0 Å². The zero-order valence-electron chi connectivity index (χ0n) is 15.9. The first-order valence-corrected chi connectivity index (χ1v) is 9.56. The quantitative estimate of drug-likeness (QED) is 0.559. The summed E-state index contributed by atoms with van der Waals surface area (Å²) in [6, 6.07) is 24.3. The first-order chi connectivity index (χ1) is 12.5. The number of fused-ring (bicyclic) bond motifs is 1. The topological polar surface area (TPSA) is 26.0 Å². The second-order valence-electron chi connectivity index (χ2n) is 7.82. The van der Waals surface area contributed by atoms with Crippen molar-refractivity contribution in [1.82, 2.24) is 0 Å². The number of hydrogen-bond donors (Lipinski definition) is 1. The van der Waals surface area contributed by atoms with Crippen molar-refractivity contribution in [2.45, 2.75) is 44.9 Å². The first-order valence-electron chi connectivity index (χ1n) is 9.56. The number of nitrogen functional groups attached to an aromatic ring is 1. The molecular weight excluding hydrogens is 314 g/mol. The van der Waals surface area contributed by atoms with E-state index in [9.17, 15) is 0 Å². The maximum Gasteiger partial charge on any atom is 0.0460 e. The lowest BCUT2D eigenvalue weighted by molar-refractivity contribution is 0.454. The molecule has 0 aliphatic heterocycles. The van der Waals surface area contributed by atoms with E-state index in [-0.39, 0.29) is 5.41 Å². The van der Waals surface area contributed by atoms with Gasteiger partial charge in [-0.2, -0.15) is 0 Å². The van der Waals surface area contributed by atoms with Gasteiger partial charge in [-0.3, -0.25) is 0 Å². The van der Waals surface area contributed by atoms with E-state index in [0.717, 1.165) is 12.1 Å². The Morgan fingerprint density at radius 3 is 2.23 bits per heavy atom. The van der Waals surface area contributed by atoms with Crippen LogP contribution in [0.15, 0.2) is 66.7 Å². The Morgan fingerprint density at radius 1 is 0.808 bits per heavy atom. The minimum atomic E-state index is -0.131. The molecule has 1 aliphatic carbocycles. The predicted octanol–water partition coefficient (Wildman–Crippen LogP) is 6.12. The van der Waals surface area contributed by atoms with E-state index in [1.54, 1.807) is 0 Å². The summed E-state index contributed by atoms with van der Waals surface area (Å²) in [6.07, 6.45) is 2.29. The Hall–Kier alpha value is -2.54. The van der Waals surface area contributed by atoms with Crippen LogP contribution in [0.3, 0.4) is 0 Å². The van der Waals surface area contributed by atoms with Crippen molar-refractivity contribution in [3.63, 3.8) is 0 Å². The molecule has 2 unspecified atom stereocenters. The van der Waals surface area contributed by atoms with E-state index in [2.05, 4.69) is 81.4 Å². The lowest BCUT2D eigenvalue weighted by Crippen LogP contribution is -2.36. The predicted molar refractivity (Wildman–Crippen MR) is 111 cm³/mol. The van der Waals surface area contributed by atoms with E-state index in [0.29, 0.717) is 5.92 Å². The van der Waals surface area contributed by atoms with Crippen molar-refractivity contribution in [2.24, 2.45) is 0 Å². The molecule has 0 bridgehead atoms. The summed E-state index contributed by atoms with van der Waals surface area (Å²) in [6.45, 7) is 6.81. The van der Waals surface area contributed by atoms with Gasteiger partial charge in [0.15, 0.2) is 0 Å². The van der Waals surface area contributed by atoms with Gasteiger partial charge in [-0.15, -0.1) is 0 Å². The molecule has 132 valence electrons. The molecule has 1 aliphatic rings. The zero-order chi connectivity index (χ0) is 18.3. The third-order valence-electron chi connectivity index (χ3n) is 6.23. The molecule has 4 rings (SSSR count). The molecular formula is C25H27N. The third kappa shape index (κ3) is 2.46. The number of aryl methyl sites for hydroxylation is 2. The molecule has 0 heterocycles. The van der Waals surface area contributed by atoms with Crippen LogP contribution >= 0.6 is 0 Å². The summed E-state index contributed by atoms with van der Waals surface area (Å²) in [7, 11) is 0. The van der Waals surface area contributed by atoms with Crippen molar-refractivity contribution in [3.05, 3.63) is 100 Å². The molecule has 26 heavy (non-hydrogen) atoms. The summed E-state index contributed by atoms with van der Waals surface area (Å²) < 4.78 is 0. The number of nitrogens with two attached hydrogens (primary N) is 1. The van der Waals surface area contributed by atoms with E-state index in [1.807, 2.05) is 6.07 Å². The molecule has 0 fully saturated rings. The van der Waals surface area contributed by atoms with E-state index in [1.165, 1.54) is 39.8 Å². The van der Waals surface area contributed by atoms with Crippen LogP contribution in [-0.2, 0) is 5.41 Å². The highest BCUT2D eigenvalue weighted by Gasteiger charge is 2.43. The molecule has 3 aromatic carbocycles. The molecule has 2 N–H and O–H groups in total. The molecule has 3 aromatic rings. The van der Waals surface area contributed by atoms with Gasteiger partial charge < -0.3 is 5.73 Å². The Balaban J connectivity index is 2.12. The summed E-state index contributed by atoms with van der Waals surface area (Å²) >= 11 is 0. The zero-order valence-corrected chi connectivity index (χ0v) is 15.9. The third-order valence-corrected chi connectivity index (χ3v) is 6.23. The average Bonchev–Trinajstić information content (AvgIpc) is 2.66. The number of rotatable bonds is 2. The highest BCUT2D eigenvalue weighted by atomic mass is 14.6. The van der Waals surface area contributed by atoms with Crippen LogP contribution in [0.2, 0.25) is 0 Å². The van der Waals surface area contributed by atoms with Gasteiger partial charge in [-0.1, -0.05) is 61.5 Å². The van der Waals surface area contributed by atoms with E-state index >= 15 is 0 Å². The monoisotopic (exact) mass is 341 g/mol. The lowest BCUT2D eigenvalue weighted by Gasteiger charge is -2.44. The van der Waals surface area contributed by atoms with Crippen molar-refractivity contribution >= 4 is 5.69 Å². The molecule has 0 radical (unpaired) electrons. The van der Waals surface area contributed by atoms with Crippen LogP contribution in [0.5, 0.6) is 0 Å². The molecule has 0 saturated heterocycles. The minimum Gasteiger partial charge on any atom is -0.399 e. The molecule has 0 saturated carbocycles. The van der Waals surface area contributed by atoms with Gasteiger partial charge in [0.05, 0.1) is 0 Å². The van der Waals surface area contributed by atoms with Gasteiger partial charge in [0, 0.05) is 11.1 Å².